The van der Waals surface area contributed by atoms with Crippen LogP contribution in [-0.4, -0.2) is 10.8 Å². The Morgan fingerprint density at radius 3 is 2.55 bits per heavy atom. The predicted molar refractivity (Wildman–Crippen MR) is 82.1 cm³/mol. The third kappa shape index (κ3) is 2.31. The van der Waals surface area contributed by atoms with Crippen LogP contribution >= 0.6 is 0 Å². The van der Waals surface area contributed by atoms with Crippen LogP contribution in [0.2, 0.25) is 0 Å². The van der Waals surface area contributed by atoms with Crippen LogP contribution < -0.4 is 5.73 Å². The second-order valence-corrected chi connectivity index (χ2v) is 5.43. The van der Waals surface area contributed by atoms with Gasteiger partial charge in [0, 0.05) is 16.8 Å². The Balaban J connectivity index is 2.01. The van der Waals surface area contributed by atoms with Gasteiger partial charge in [-0.25, -0.2) is 0 Å². The van der Waals surface area contributed by atoms with Crippen molar-refractivity contribution >= 4 is 5.84 Å². The molecule has 0 saturated carbocycles. The van der Waals surface area contributed by atoms with Gasteiger partial charge in [-0.05, 0) is 61.9 Å². The number of aryl methyl sites for hydroxylation is 3. The zero-order valence-corrected chi connectivity index (χ0v) is 11.7. The lowest BCUT2D eigenvalue weighted by Gasteiger charge is -2.16. The Bertz CT molecular complexity index is 674. The summed E-state index contributed by atoms with van der Waals surface area (Å²) in [5, 5.41) is 7.51. The lowest BCUT2D eigenvalue weighted by atomic mass is 9.90. The summed E-state index contributed by atoms with van der Waals surface area (Å²) in [5.74, 6) is 0.0759. The standard InChI is InChI=1S/C17H19N3/c1-11-15(17(18)19)8-9-16(20-11)14-7-6-12-4-2-3-5-13(12)10-14/h6-10H,2-5H2,1H3,(H3,18,19). The average molecular weight is 265 g/mol. The molecule has 0 amide bonds. The monoisotopic (exact) mass is 265 g/mol. The van der Waals surface area contributed by atoms with Gasteiger partial charge < -0.3 is 5.73 Å². The average Bonchev–Trinajstić information content (AvgIpc) is 2.46. The van der Waals surface area contributed by atoms with Crippen molar-refractivity contribution in [3.63, 3.8) is 0 Å². The fourth-order valence-corrected chi connectivity index (χ4v) is 2.90. The summed E-state index contributed by atoms with van der Waals surface area (Å²) >= 11 is 0. The highest BCUT2D eigenvalue weighted by Gasteiger charge is 2.11. The van der Waals surface area contributed by atoms with Crippen LogP contribution in [0.3, 0.4) is 0 Å². The second-order valence-electron chi connectivity index (χ2n) is 5.43. The smallest absolute Gasteiger partial charge is 0.124 e. The highest BCUT2D eigenvalue weighted by atomic mass is 14.8. The molecule has 0 saturated heterocycles. The molecule has 20 heavy (non-hydrogen) atoms. The van der Waals surface area contributed by atoms with Crippen LogP contribution in [0.1, 0.15) is 35.2 Å². The number of nitrogens with two attached hydrogens (primary N) is 1. The number of hydrogen-bond acceptors (Lipinski definition) is 2. The third-order valence-electron chi connectivity index (χ3n) is 4.02. The van der Waals surface area contributed by atoms with Gasteiger partial charge in [-0.1, -0.05) is 12.1 Å². The van der Waals surface area contributed by atoms with Crippen molar-refractivity contribution in [3.05, 3.63) is 52.7 Å². The van der Waals surface area contributed by atoms with Crippen LogP contribution in [0.4, 0.5) is 0 Å². The van der Waals surface area contributed by atoms with E-state index in [1.807, 2.05) is 19.1 Å². The molecule has 3 rings (SSSR count). The summed E-state index contributed by atoms with van der Waals surface area (Å²) in [6.45, 7) is 1.90. The minimum atomic E-state index is 0.0759. The quantitative estimate of drug-likeness (QED) is 0.647. The molecule has 0 bridgehead atoms. The molecule has 3 N–H and O–H groups in total. The molecular formula is C17H19N3. The molecule has 1 aliphatic rings. The van der Waals surface area contributed by atoms with Crippen LogP contribution in [-0.2, 0) is 12.8 Å². The predicted octanol–water partition coefficient (Wildman–Crippen LogP) is 3.22. The number of fused-ring (bicyclic) bond motifs is 1. The summed E-state index contributed by atoms with van der Waals surface area (Å²) in [4.78, 5) is 4.59. The highest BCUT2D eigenvalue weighted by molar-refractivity contribution is 5.96. The molecule has 0 atom stereocenters. The molecule has 102 valence electrons. The van der Waals surface area contributed by atoms with E-state index in [1.54, 1.807) is 0 Å². The SMILES string of the molecule is Cc1nc(-c2ccc3c(c2)CCCC3)ccc1C(=N)N. The largest absolute Gasteiger partial charge is 0.384 e. The van der Waals surface area contributed by atoms with Gasteiger partial charge in [-0.3, -0.25) is 10.4 Å². The van der Waals surface area contributed by atoms with Gasteiger partial charge >= 0.3 is 0 Å². The second kappa shape index (κ2) is 5.08. The van der Waals surface area contributed by atoms with E-state index < -0.39 is 0 Å². The summed E-state index contributed by atoms with van der Waals surface area (Å²) in [7, 11) is 0. The molecule has 1 aromatic heterocycles. The topological polar surface area (TPSA) is 62.8 Å². The molecule has 1 aromatic carbocycles. The molecular weight excluding hydrogens is 246 g/mol. The van der Waals surface area contributed by atoms with Crippen molar-refractivity contribution in [1.29, 1.82) is 5.41 Å². The van der Waals surface area contributed by atoms with E-state index in [0.29, 0.717) is 5.56 Å². The fraction of sp³-hybridized carbons (Fsp3) is 0.294. The van der Waals surface area contributed by atoms with Crippen molar-refractivity contribution in [2.24, 2.45) is 5.73 Å². The van der Waals surface area contributed by atoms with E-state index in [-0.39, 0.29) is 5.84 Å². The van der Waals surface area contributed by atoms with E-state index in [1.165, 1.54) is 36.8 Å². The van der Waals surface area contributed by atoms with E-state index in [9.17, 15) is 0 Å². The normalized spacial score (nSPS) is 13.8. The van der Waals surface area contributed by atoms with Gasteiger partial charge in [0.1, 0.15) is 5.84 Å². The van der Waals surface area contributed by atoms with Crippen molar-refractivity contribution in [3.8, 4) is 11.3 Å². The Morgan fingerprint density at radius 1 is 1.10 bits per heavy atom. The van der Waals surface area contributed by atoms with E-state index in [0.717, 1.165) is 17.0 Å². The van der Waals surface area contributed by atoms with Gasteiger partial charge in [0.25, 0.3) is 0 Å². The number of benzene rings is 1. The van der Waals surface area contributed by atoms with Gasteiger partial charge in [0.05, 0.1) is 5.69 Å². The third-order valence-corrected chi connectivity index (χ3v) is 4.02. The van der Waals surface area contributed by atoms with Crippen molar-refractivity contribution in [2.75, 3.05) is 0 Å². The molecule has 0 radical (unpaired) electrons. The Kier molecular flexibility index (Phi) is 3.26. The maximum Gasteiger partial charge on any atom is 0.124 e. The van der Waals surface area contributed by atoms with E-state index in [2.05, 4.69) is 23.2 Å². The molecule has 3 nitrogen and oxygen atoms in total. The van der Waals surface area contributed by atoms with Crippen molar-refractivity contribution in [2.45, 2.75) is 32.6 Å². The van der Waals surface area contributed by atoms with Crippen molar-refractivity contribution < 1.29 is 0 Å². The number of hydrogen-bond donors (Lipinski definition) is 2. The molecule has 0 aliphatic heterocycles. The first-order chi connectivity index (χ1) is 9.65. The van der Waals surface area contributed by atoms with Gasteiger partial charge in [-0.15, -0.1) is 0 Å². The Morgan fingerprint density at radius 2 is 1.85 bits per heavy atom. The van der Waals surface area contributed by atoms with Gasteiger partial charge in [0.15, 0.2) is 0 Å². The summed E-state index contributed by atoms with van der Waals surface area (Å²) < 4.78 is 0. The van der Waals surface area contributed by atoms with Crippen molar-refractivity contribution in [1.82, 2.24) is 4.98 Å². The summed E-state index contributed by atoms with van der Waals surface area (Å²) in [6, 6.07) is 10.5. The van der Waals surface area contributed by atoms with Crippen LogP contribution in [0.25, 0.3) is 11.3 Å². The Labute approximate surface area is 119 Å². The van der Waals surface area contributed by atoms with Crippen LogP contribution in [0.5, 0.6) is 0 Å². The first kappa shape index (κ1) is 12.9. The number of aromatic nitrogens is 1. The first-order valence-corrected chi connectivity index (χ1v) is 7.09. The molecule has 3 heteroatoms. The fourth-order valence-electron chi connectivity index (χ4n) is 2.90. The molecule has 0 unspecified atom stereocenters. The van der Waals surface area contributed by atoms with E-state index in [4.69, 9.17) is 11.1 Å². The number of nitrogens with one attached hydrogen (secondary N) is 1. The highest BCUT2D eigenvalue weighted by Crippen LogP contribution is 2.27. The lowest BCUT2D eigenvalue weighted by Crippen LogP contribution is -2.13. The van der Waals surface area contributed by atoms with Crippen LogP contribution in [0, 0.1) is 12.3 Å². The molecule has 1 heterocycles. The zero-order chi connectivity index (χ0) is 14.1. The number of nitrogens with zero attached hydrogens (tertiary/aromatic N) is 1. The maximum atomic E-state index is 7.51. The Hall–Kier alpha value is -2.16. The number of amidine groups is 1. The minimum Gasteiger partial charge on any atom is -0.384 e. The molecule has 1 aliphatic carbocycles. The molecule has 0 spiro atoms. The molecule has 2 aromatic rings. The first-order valence-electron chi connectivity index (χ1n) is 7.09. The minimum absolute atomic E-state index is 0.0759. The maximum absolute atomic E-state index is 7.51. The molecule has 0 fully saturated rings. The van der Waals surface area contributed by atoms with Gasteiger partial charge in [-0.2, -0.15) is 0 Å². The summed E-state index contributed by atoms with van der Waals surface area (Å²) in [6.07, 6.45) is 4.96. The lowest BCUT2D eigenvalue weighted by molar-refractivity contribution is 0.686. The number of pyridine rings is 1. The van der Waals surface area contributed by atoms with E-state index >= 15 is 0 Å². The van der Waals surface area contributed by atoms with Gasteiger partial charge in [0.2, 0.25) is 0 Å². The van der Waals surface area contributed by atoms with Crippen LogP contribution in [0.15, 0.2) is 30.3 Å². The zero-order valence-electron chi connectivity index (χ0n) is 11.7. The number of rotatable bonds is 2. The number of nitrogen functional groups attached to an aromatic ring is 1. The summed E-state index contributed by atoms with van der Waals surface area (Å²) in [5.41, 5.74) is 12.1.